The number of carbonyl (C=O) groups excluding carboxylic acids is 1. The first-order chi connectivity index (χ1) is 5.72. The largest absolute Gasteiger partial charge is 0.466 e. The van der Waals surface area contributed by atoms with Gasteiger partial charge in [-0.1, -0.05) is 0 Å². The van der Waals surface area contributed by atoms with Crippen LogP contribution in [0.3, 0.4) is 0 Å². The Morgan fingerprint density at radius 1 is 1.77 bits per heavy atom. The Morgan fingerprint density at radius 3 is 3.00 bits per heavy atom. The summed E-state index contributed by atoms with van der Waals surface area (Å²) in [4.78, 5) is 10.8. The second-order valence-electron chi connectivity index (χ2n) is 2.87. The van der Waals surface area contributed by atoms with Gasteiger partial charge in [0.25, 0.3) is 0 Å². The molecule has 13 heavy (non-hydrogen) atoms. The molecule has 0 aromatic heterocycles. The lowest BCUT2D eigenvalue weighted by atomic mass is 10.0. The lowest BCUT2D eigenvalue weighted by molar-refractivity contribution is -0.134. The van der Waals surface area contributed by atoms with Crippen molar-refractivity contribution in [1.29, 1.82) is 0 Å². The van der Waals surface area contributed by atoms with E-state index in [2.05, 4.69) is 10.1 Å². The predicted molar refractivity (Wildman–Crippen MR) is 52.6 cm³/mol. The van der Waals surface area contributed by atoms with Crippen LogP contribution < -0.4 is 11.1 Å². The van der Waals surface area contributed by atoms with Crippen molar-refractivity contribution < 1.29 is 9.53 Å². The van der Waals surface area contributed by atoms with Crippen molar-refractivity contribution in [2.45, 2.75) is 18.9 Å². The van der Waals surface area contributed by atoms with Gasteiger partial charge in [0.15, 0.2) is 0 Å². The number of rotatable bonds is 1. The fraction of sp³-hybridized carbons (Fsp3) is 0.625. The minimum Gasteiger partial charge on any atom is -0.466 e. The number of hydrogen-bond acceptors (Lipinski definition) is 4. The molecule has 3 N–H and O–H groups in total. The highest BCUT2D eigenvalue weighted by atomic mass is 35.5. The molecule has 0 bridgehead atoms. The number of nitrogens with two attached hydrogens (primary N) is 1. The summed E-state index contributed by atoms with van der Waals surface area (Å²) >= 11 is 0. The Hall–Kier alpha value is -0.740. The highest BCUT2D eigenvalue weighted by Gasteiger charge is 2.12. The molecule has 0 aliphatic carbocycles. The third-order valence-corrected chi connectivity index (χ3v) is 1.84. The zero-order valence-corrected chi connectivity index (χ0v) is 8.39. The van der Waals surface area contributed by atoms with Gasteiger partial charge in [0.1, 0.15) is 0 Å². The first-order valence-electron chi connectivity index (χ1n) is 4.00. The van der Waals surface area contributed by atoms with Gasteiger partial charge in [-0.15, -0.1) is 12.4 Å². The molecule has 1 atom stereocenters. The summed E-state index contributed by atoms with van der Waals surface area (Å²) in [5.41, 5.74) is 6.58. The Balaban J connectivity index is 0.00000144. The minimum absolute atomic E-state index is 0. The van der Waals surface area contributed by atoms with Crippen molar-refractivity contribution in [2.75, 3.05) is 13.7 Å². The van der Waals surface area contributed by atoms with E-state index < -0.39 is 0 Å². The number of nitrogens with one attached hydrogen (secondary N) is 1. The van der Waals surface area contributed by atoms with E-state index >= 15 is 0 Å². The first kappa shape index (κ1) is 12.3. The number of ether oxygens (including phenoxy) is 1. The van der Waals surface area contributed by atoms with Crippen LogP contribution in [0.2, 0.25) is 0 Å². The van der Waals surface area contributed by atoms with Gasteiger partial charge in [-0.05, 0) is 6.42 Å². The van der Waals surface area contributed by atoms with E-state index in [4.69, 9.17) is 5.73 Å². The molecule has 0 aromatic carbocycles. The molecule has 1 aliphatic rings. The number of hydrogen-bond donors (Lipinski definition) is 2. The van der Waals surface area contributed by atoms with Crippen LogP contribution in [0.5, 0.6) is 0 Å². The third kappa shape index (κ3) is 4.15. The second kappa shape index (κ2) is 5.83. The third-order valence-electron chi connectivity index (χ3n) is 1.84. The van der Waals surface area contributed by atoms with Gasteiger partial charge in [-0.2, -0.15) is 0 Å². The maximum absolute atomic E-state index is 10.8. The number of methoxy groups -OCH3 is 1. The molecule has 0 aromatic rings. The molecule has 5 heteroatoms. The molecule has 0 radical (unpaired) electrons. The first-order valence-corrected chi connectivity index (χ1v) is 4.00. The molecule has 1 aliphatic heterocycles. The summed E-state index contributed by atoms with van der Waals surface area (Å²) in [5.74, 6) is -0.327. The van der Waals surface area contributed by atoms with Crippen molar-refractivity contribution in [3.63, 3.8) is 0 Å². The molecule has 4 nitrogen and oxygen atoms in total. The zero-order valence-electron chi connectivity index (χ0n) is 7.58. The van der Waals surface area contributed by atoms with Crippen molar-refractivity contribution in [3.05, 3.63) is 11.8 Å². The molecule has 0 amide bonds. The highest BCUT2D eigenvalue weighted by Crippen LogP contribution is 2.09. The van der Waals surface area contributed by atoms with E-state index in [1.807, 2.05) is 0 Å². The summed E-state index contributed by atoms with van der Waals surface area (Å²) in [6.45, 7) is 0.837. The monoisotopic (exact) mass is 206 g/mol. The predicted octanol–water partition coefficient (Wildman–Crippen LogP) is 0.176. The van der Waals surface area contributed by atoms with E-state index in [0.717, 1.165) is 25.1 Å². The van der Waals surface area contributed by atoms with Gasteiger partial charge in [0, 0.05) is 30.8 Å². The van der Waals surface area contributed by atoms with Gasteiger partial charge >= 0.3 is 5.97 Å². The van der Waals surface area contributed by atoms with Crippen LogP contribution in [-0.4, -0.2) is 25.7 Å². The number of carbonyl (C=O) groups is 1. The van der Waals surface area contributed by atoms with Crippen molar-refractivity contribution in [1.82, 2.24) is 5.32 Å². The summed E-state index contributed by atoms with van der Waals surface area (Å²) in [7, 11) is 1.36. The van der Waals surface area contributed by atoms with Gasteiger partial charge in [0.2, 0.25) is 0 Å². The molecular weight excluding hydrogens is 192 g/mol. The minimum atomic E-state index is -0.327. The standard InChI is InChI=1S/C8H14N2O2.ClH/c1-12-8(11)5-7-4-6(9)2-3-10-7;/h5-6,10H,2-4,9H2,1H3;1H. The zero-order chi connectivity index (χ0) is 8.97. The van der Waals surface area contributed by atoms with Gasteiger partial charge in [0.05, 0.1) is 7.11 Å². The maximum Gasteiger partial charge on any atom is 0.332 e. The maximum atomic E-state index is 10.8. The van der Waals surface area contributed by atoms with Crippen LogP contribution in [0, 0.1) is 0 Å². The Morgan fingerprint density at radius 2 is 2.46 bits per heavy atom. The molecular formula is C8H15ClN2O2. The lowest BCUT2D eigenvalue weighted by Crippen LogP contribution is -2.34. The van der Waals surface area contributed by atoms with Crippen LogP contribution in [0.25, 0.3) is 0 Å². The number of esters is 1. The topological polar surface area (TPSA) is 64.3 Å². The molecule has 1 rings (SSSR count). The summed E-state index contributed by atoms with van der Waals surface area (Å²) in [6, 6.07) is 0.169. The van der Waals surface area contributed by atoms with Gasteiger partial charge in [-0.3, -0.25) is 0 Å². The SMILES string of the molecule is COC(=O)C=C1CC(N)CCN1.Cl. The Bertz CT molecular complexity index is 206. The molecule has 1 fully saturated rings. The van der Waals surface area contributed by atoms with E-state index in [9.17, 15) is 4.79 Å². The van der Waals surface area contributed by atoms with Crippen molar-refractivity contribution in [3.8, 4) is 0 Å². The van der Waals surface area contributed by atoms with Crippen LogP contribution in [0.15, 0.2) is 11.8 Å². The van der Waals surface area contributed by atoms with Crippen molar-refractivity contribution in [2.24, 2.45) is 5.73 Å². The molecule has 1 heterocycles. The molecule has 76 valence electrons. The summed E-state index contributed by atoms with van der Waals surface area (Å²) < 4.78 is 4.49. The van der Waals surface area contributed by atoms with E-state index in [1.54, 1.807) is 0 Å². The number of piperidine rings is 1. The van der Waals surface area contributed by atoms with E-state index in [0.29, 0.717) is 0 Å². The molecule has 1 unspecified atom stereocenters. The Kier molecular flexibility index (Phi) is 5.50. The lowest BCUT2D eigenvalue weighted by Gasteiger charge is -2.22. The normalized spacial score (nSPS) is 24.5. The molecule has 0 saturated carbocycles. The fourth-order valence-corrected chi connectivity index (χ4v) is 1.19. The summed E-state index contributed by atoms with van der Waals surface area (Å²) in [5, 5.41) is 3.10. The smallest absolute Gasteiger partial charge is 0.332 e. The molecule has 1 saturated heterocycles. The fourth-order valence-electron chi connectivity index (χ4n) is 1.19. The Labute approximate surface area is 83.9 Å². The van der Waals surface area contributed by atoms with Crippen LogP contribution >= 0.6 is 12.4 Å². The van der Waals surface area contributed by atoms with Crippen molar-refractivity contribution >= 4 is 18.4 Å². The van der Waals surface area contributed by atoms with Gasteiger partial charge < -0.3 is 15.8 Å². The van der Waals surface area contributed by atoms with E-state index in [1.165, 1.54) is 13.2 Å². The number of halogens is 1. The van der Waals surface area contributed by atoms with Crippen LogP contribution in [0.4, 0.5) is 0 Å². The second-order valence-corrected chi connectivity index (χ2v) is 2.87. The molecule has 0 spiro atoms. The van der Waals surface area contributed by atoms with Crippen LogP contribution in [0.1, 0.15) is 12.8 Å². The average molecular weight is 207 g/mol. The highest BCUT2D eigenvalue weighted by molar-refractivity contribution is 5.85. The quantitative estimate of drug-likeness (QED) is 0.475. The van der Waals surface area contributed by atoms with E-state index in [-0.39, 0.29) is 24.4 Å². The van der Waals surface area contributed by atoms with Gasteiger partial charge in [-0.25, -0.2) is 4.79 Å². The van der Waals surface area contributed by atoms with Crippen LogP contribution in [-0.2, 0) is 9.53 Å². The summed E-state index contributed by atoms with van der Waals surface area (Å²) in [6.07, 6.45) is 3.15. The average Bonchev–Trinajstić information content (AvgIpc) is 2.04.